The Morgan fingerprint density at radius 3 is 1.82 bits per heavy atom. The van der Waals surface area contributed by atoms with E-state index in [2.05, 4.69) is 17.1 Å². The highest BCUT2D eigenvalue weighted by atomic mass is 16.6. The topological polar surface area (TPSA) is 38.7 Å². The molecule has 0 aromatic heterocycles. The van der Waals surface area contributed by atoms with Crippen LogP contribution in [0.15, 0.2) is 53.5 Å². The number of hydrogen-bond acceptors (Lipinski definition) is 3. The van der Waals surface area contributed by atoms with E-state index in [-0.39, 0.29) is 12.5 Å². The van der Waals surface area contributed by atoms with E-state index < -0.39 is 5.60 Å². The Morgan fingerprint density at radius 2 is 1.36 bits per heavy atom. The normalized spacial score (nSPS) is 12.6. The first kappa shape index (κ1) is 14.5. The monoisotopic (exact) mass is 293 g/mol. The summed E-state index contributed by atoms with van der Waals surface area (Å²) in [6.45, 7) is 5.61. The molecule has 112 valence electrons. The minimum atomic E-state index is -0.483. The molecule has 2 aromatic rings. The van der Waals surface area contributed by atoms with Crippen molar-refractivity contribution in [2.75, 3.05) is 6.54 Å². The molecule has 3 heteroatoms. The second-order valence-corrected chi connectivity index (χ2v) is 6.34. The van der Waals surface area contributed by atoms with Crippen LogP contribution < -0.4 is 0 Å². The Labute approximate surface area is 130 Å². The molecule has 3 nitrogen and oxygen atoms in total. The summed E-state index contributed by atoms with van der Waals surface area (Å²) in [5.41, 5.74) is 4.88. The molecule has 0 unspecified atom stereocenters. The average Bonchev–Trinajstić information content (AvgIpc) is 2.78. The third-order valence-electron chi connectivity index (χ3n) is 3.44. The van der Waals surface area contributed by atoms with Crippen molar-refractivity contribution in [2.45, 2.75) is 26.4 Å². The maximum absolute atomic E-state index is 11.9. The number of rotatable bonds is 2. The fraction of sp³-hybridized carbons (Fsp3) is 0.263. The Morgan fingerprint density at radius 1 is 0.909 bits per heavy atom. The van der Waals surface area contributed by atoms with Gasteiger partial charge in [-0.1, -0.05) is 48.5 Å². The van der Waals surface area contributed by atoms with Crippen LogP contribution in [0.4, 0.5) is 0 Å². The highest BCUT2D eigenvalue weighted by Crippen LogP contribution is 2.36. The number of esters is 1. The molecule has 0 atom stereocenters. The predicted octanol–water partition coefficient (Wildman–Crippen LogP) is 3.85. The number of fused-ring (bicyclic) bond motifs is 3. The summed E-state index contributed by atoms with van der Waals surface area (Å²) in [4.78, 5) is 16.4. The predicted molar refractivity (Wildman–Crippen MR) is 88.2 cm³/mol. The van der Waals surface area contributed by atoms with E-state index in [1.807, 2.05) is 57.2 Å². The van der Waals surface area contributed by atoms with Gasteiger partial charge in [0.2, 0.25) is 0 Å². The number of hydrogen-bond donors (Lipinski definition) is 0. The average molecular weight is 293 g/mol. The maximum Gasteiger partial charge on any atom is 0.328 e. The standard InChI is InChI=1S/C19H19NO2/c1-19(2,3)22-17(21)12-20-18-15-10-6-4-8-13(15)14-9-5-7-11-16(14)18/h4-11H,12H2,1-3H3. The largest absolute Gasteiger partial charge is 0.459 e. The van der Waals surface area contributed by atoms with Crippen molar-refractivity contribution in [3.05, 3.63) is 59.7 Å². The Balaban J connectivity index is 1.94. The number of ether oxygens (including phenoxy) is 1. The van der Waals surface area contributed by atoms with Gasteiger partial charge in [-0.2, -0.15) is 0 Å². The minimum absolute atomic E-state index is 0.0370. The van der Waals surface area contributed by atoms with Crippen LogP contribution in [-0.2, 0) is 9.53 Å². The van der Waals surface area contributed by atoms with Gasteiger partial charge in [-0.3, -0.25) is 9.79 Å². The summed E-state index contributed by atoms with van der Waals surface area (Å²) in [5, 5.41) is 0. The van der Waals surface area contributed by atoms with Crippen molar-refractivity contribution in [3.8, 4) is 11.1 Å². The molecule has 0 fully saturated rings. The van der Waals surface area contributed by atoms with Crippen LogP contribution >= 0.6 is 0 Å². The van der Waals surface area contributed by atoms with E-state index in [9.17, 15) is 4.79 Å². The SMILES string of the molecule is CC(C)(C)OC(=O)CN=C1c2ccccc2-c2ccccc21. The first-order valence-electron chi connectivity index (χ1n) is 7.41. The Hall–Kier alpha value is -2.42. The van der Waals surface area contributed by atoms with Crippen LogP contribution in [0.3, 0.4) is 0 Å². The fourth-order valence-electron chi connectivity index (χ4n) is 2.68. The molecule has 0 radical (unpaired) electrons. The first-order valence-corrected chi connectivity index (χ1v) is 7.41. The number of carbonyl (C=O) groups is 1. The van der Waals surface area contributed by atoms with Crippen LogP contribution in [0, 0.1) is 0 Å². The third kappa shape index (κ3) is 2.80. The second kappa shape index (κ2) is 5.41. The summed E-state index contributed by atoms with van der Waals surface area (Å²) < 4.78 is 5.33. The molecule has 1 aliphatic carbocycles. The molecule has 1 aliphatic rings. The molecule has 3 rings (SSSR count). The number of aliphatic imine (C=N–C) groups is 1. The van der Waals surface area contributed by atoms with Gasteiger partial charge in [0, 0.05) is 11.1 Å². The lowest BCUT2D eigenvalue weighted by Gasteiger charge is -2.18. The van der Waals surface area contributed by atoms with E-state index in [4.69, 9.17) is 4.74 Å². The lowest BCUT2D eigenvalue weighted by molar-refractivity contribution is -0.152. The van der Waals surface area contributed by atoms with Crippen molar-refractivity contribution in [1.29, 1.82) is 0 Å². The lowest BCUT2D eigenvalue weighted by Crippen LogP contribution is -2.25. The van der Waals surface area contributed by atoms with E-state index in [0.29, 0.717) is 0 Å². The van der Waals surface area contributed by atoms with Gasteiger partial charge in [0.15, 0.2) is 0 Å². The third-order valence-corrected chi connectivity index (χ3v) is 3.44. The van der Waals surface area contributed by atoms with Crippen LogP contribution in [0.2, 0.25) is 0 Å². The summed E-state index contributed by atoms with van der Waals surface area (Å²) in [6.07, 6.45) is 0. The second-order valence-electron chi connectivity index (χ2n) is 6.34. The molecule has 0 heterocycles. The van der Waals surface area contributed by atoms with Gasteiger partial charge >= 0.3 is 5.97 Å². The Kier molecular flexibility index (Phi) is 3.57. The zero-order chi connectivity index (χ0) is 15.7. The zero-order valence-corrected chi connectivity index (χ0v) is 13.1. The summed E-state index contributed by atoms with van der Waals surface area (Å²) in [5.74, 6) is -0.304. The molecular formula is C19H19NO2. The minimum Gasteiger partial charge on any atom is -0.459 e. The van der Waals surface area contributed by atoms with Crippen molar-refractivity contribution in [3.63, 3.8) is 0 Å². The molecule has 0 saturated carbocycles. The number of nitrogens with zero attached hydrogens (tertiary/aromatic N) is 1. The van der Waals surface area contributed by atoms with Crippen LogP contribution in [0.25, 0.3) is 11.1 Å². The van der Waals surface area contributed by atoms with Gasteiger partial charge in [-0.05, 0) is 31.9 Å². The van der Waals surface area contributed by atoms with E-state index >= 15 is 0 Å². The molecule has 0 N–H and O–H groups in total. The molecule has 0 amide bonds. The smallest absolute Gasteiger partial charge is 0.328 e. The molecule has 22 heavy (non-hydrogen) atoms. The number of benzene rings is 2. The van der Waals surface area contributed by atoms with E-state index in [1.54, 1.807) is 0 Å². The van der Waals surface area contributed by atoms with Gasteiger partial charge in [0.1, 0.15) is 12.1 Å². The van der Waals surface area contributed by atoms with Crippen LogP contribution in [0.1, 0.15) is 31.9 Å². The van der Waals surface area contributed by atoms with Gasteiger partial charge in [-0.25, -0.2) is 0 Å². The quantitative estimate of drug-likeness (QED) is 0.673. The first-order chi connectivity index (χ1) is 10.5. The van der Waals surface area contributed by atoms with E-state index in [0.717, 1.165) is 16.8 Å². The van der Waals surface area contributed by atoms with Gasteiger partial charge in [-0.15, -0.1) is 0 Å². The Bertz CT molecular complexity index is 707. The number of carbonyl (C=O) groups excluding carboxylic acids is 1. The maximum atomic E-state index is 11.9. The molecule has 0 saturated heterocycles. The van der Waals surface area contributed by atoms with Crippen molar-refractivity contribution >= 4 is 11.7 Å². The molecule has 0 bridgehead atoms. The van der Waals surface area contributed by atoms with Crippen molar-refractivity contribution in [1.82, 2.24) is 0 Å². The van der Waals surface area contributed by atoms with E-state index in [1.165, 1.54) is 11.1 Å². The fourth-order valence-corrected chi connectivity index (χ4v) is 2.68. The molecule has 0 aliphatic heterocycles. The van der Waals surface area contributed by atoms with Crippen molar-refractivity contribution in [2.24, 2.45) is 4.99 Å². The summed E-state index contributed by atoms with van der Waals surface area (Å²) in [7, 11) is 0. The van der Waals surface area contributed by atoms with Crippen molar-refractivity contribution < 1.29 is 9.53 Å². The van der Waals surface area contributed by atoms with Gasteiger partial charge in [0.25, 0.3) is 0 Å². The summed E-state index contributed by atoms with van der Waals surface area (Å²) in [6, 6.07) is 16.3. The lowest BCUT2D eigenvalue weighted by atomic mass is 10.1. The highest BCUT2D eigenvalue weighted by molar-refractivity contribution is 6.24. The van der Waals surface area contributed by atoms with Crippen LogP contribution in [-0.4, -0.2) is 23.8 Å². The van der Waals surface area contributed by atoms with Gasteiger partial charge < -0.3 is 4.74 Å². The molecule has 0 spiro atoms. The molecule has 2 aromatic carbocycles. The van der Waals surface area contributed by atoms with Gasteiger partial charge in [0.05, 0.1) is 5.71 Å². The molecular weight excluding hydrogens is 274 g/mol. The highest BCUT2D eigenvalue weighted by Gasteiger charge is 2.24. The van der Waals surface area contributed by atoms with Crippen LogP contribution in [0.5, 0.6) is 0 Å². The summed E-state index contributed by atoms with van der Waals surface area (Å²) >= 11 is 0. The zero-order valence-electron chi connectivity index (χ0n) is 13.1.